The van der Waals surface area contributed by atoms with Gasteiger partial charge in [0.2, 0.25) is 5.91 Å². The molecule has 2 aromatic carbocycles. The molecule has 0 spiro atoms. The van der Waals surface area contributed by atoms with Crippen molar-refractivity contribution >= 4 is 17.6 Å². The third-order valence-electron chi connectivity index (χ3n) is 4.33. The molecule has 3 aromatic rings. The number of nitrogens with one attached hydrogen (secondary N) is 2. The number of carbonyl (C=O) groups excluding carboxylic acids is 2. The first-order valence-corrected chi connectivity index (χ1v) is 9.35. The predicted octanol–water partition coefficient (Wildman–Crippen LogP) is 3.41. The maximum atomic E-state index is 12.6. The Hall–Kier alpha value is -3.61. The molecule has 0 fully saturated rings. The summed E-state index contributed by atoms with van der Waals surface area (Å²) in [5.74, 6) is 0.543. The van der Waals surface area contributed by atoms with Gasteiger partial charge in [0.05, 0.1) is 12.8 Å². The number of rotatable bonds is 7. The van der Waals surface area contributed by atoms with Crippen LogP contribution in [0.4, 0.5) is 5.82 Å². The van der Waals surface area contributed by atoms with Crippen LogP contribution in [-0.2, 0) is 11.3 Å². The van der Waals surface area contributed by atoms with E-state index in [1.807, 2.05) is 54.6 Å². The van der Waals surface area contributed by atoms with Crippen molar-refractivity contribution in [3.63, 3.8) is 0 Å². The van der Waals surface area contributed by atoms with E-state index in [2.05, 4.69) is 15.7 Å². The SMILES string of the molecule is COc1ccc(CNC(=O)c2cc(NC(=O)C(C)C)n(-c3ccccc3)n2)cc1. The Morgan fingerprint density at radius 1 is 1.07 bits per heavy atom. The second-order valence-electron chi connectivity index (χ2n) is 6.84. The molecule has 0 unspecified atom stereocenters. The smallest absolute Gasteiger partial charge is 0.272 e. The average molecular weight is 392 g/mol. The number of ether oxygens (including phenoxy) is 1. The lowest BCUT2D eigenvalue weighted by atomic mass is 10.2. The largest absolute Gasteiger partial charge is 0.497 e. The highest BCUT2D eigenvalue weighted by molar-refractivity contribution is 5.96. The summed E-state index contributed by atoms with van der Waals surface area (Å²) in [6, 6.07) is 18.4. The van der Waals surface area contributed by atoms with E-state index in [0.717, 1.165) is 17.0 Å². The summed E-state index contributed by atoms with van der Waals surface area (Å²) in [4.78, 5) is 24.8. The van der Waals surface area contributed by atoms with Crippen molar-refractivity contribution in [2.75, 3.05) is 12.4 Å². The predicted molar refractivity (Wildman–Crippen MR) is 111 cm³/mol. The van der Waals surface area contributed by atoms with E-state index in [1.54, 1.807) is 31.7 Å². The summed E-state index contributed by atoms with van der Waals surface area (Å²) in [5, 5.41) is 10.1. The highest BCUT2D eigenvalue weighted by Crippen LogP contribution is 2.18. The van der Waals surface area contributed by atoms with Crippen LogP contribution in [-0.4, -0.2) is 28.7 Å². The number of hydrogen-bond acceptors (Lipinski definition) is 4. The van der Waals surface area contributed by atoms with Crippen LogP contribution in [0.1, 0.15) is 29.9 Å². The molecule has 0 atom stereocenters. The van der Waals surface area contributed by atoms with E-state index < -0.39 is 0 Å². The molecule has 0 saturated heterocycles. The minimum atomic E-state index is -0.324. The van der Waals surface area contributed by atoms with Crippen molar-refractivity contribution in [1.82, 2.24) is 15.1 Å². The fourth-order valence-electron chi connectivity index (χ4n) is 2.63. The maximum Gasteiger partial charge on any atom is 0.272 e. The first-order valence-electron chi connectivity index (χ1n) is 9.35. The lowest BCUT2D eigenvalue weighted by molar-refractivity contribution is -0.118. The molecule has 29 heavy (non-hydrogen) atoms. The Bertz CT molecular complexity index is 979. The molecule has 0 aliphatic heterocycles. The van der Waals surface area contributed by atoms with Gasteiger partial charge in [-0.3, -0.25) is 9.59 Å². The monoisotopic (exact) mass is 392 g/mol. The highest BCUT2D eigenvalue weighted by Gasteiger charge is 2.18. The molecule has 1 heterocycles. The molecular formula is C22H24N4O3. The Balaban J connectivity index is 1.79. The Labute approximate surface area is 169 Å². The zero-order valence-electron chi connectivity index (χ0n) is 16.7. The molecule has 2 N–H and O–H groups in total. The van der Waals surface area contributed by atoms with Gasteiger partial charge >= 0.3 is 0 Å². The van der Waals surface area contributed by atoms with Gasteiger partial charge in [-0.15, -0.1) is 0 Å². The zero-order chi connectivity index (χ0) is 20.8. The summed E-state index contributed by atoms with van der Waals surface area (Å²) in [6.45, 7) is 3.97. The van der Waals surface area contributed by atoms with Gasteiger partial charge in [0, 0.05) is 18.5 Å². The molecule has 7 nitrogen and oxygen atoms in total. The van der Waals surface area contributed by atoms with Crippen molar-refractivity contribution in [2.45, 2.75) is 20.4 Å². The van der Waals surface area contributed by atoms with Gasteiger partial charge in [0.25, 0.3) is 5.91 Å². The van der Waals surface area contributed by atoms with Crippen molar-refractivity contribution in [3.05, 3.63) is 71.9 Å². The number of benzene rings is 2. The van der Waals surface area contributed by atoms with Crippen molar-refractivity contribution < 1.29 is 14.3 Å². The van der Waals surface area contributed by atoms with E-state index in [0.29, 0.717) is 12.4 Å². The number of anilines is 1. The first kappa shape index (κ1) is 20.1. The molecule has 0 aliphatic carbocycles. The van der Waals surface area contributed by atoms with Gasteiger partial charge in [0.1, 0.15) is 11.6 Å². The lowest BCUT2D eigenvalue weighted by Gasteiger charge is -2.10. The number of methoxy groups -OCH3 is 1. The van der Waals surface area contributed by atoms with E-state index >= 15 is 0 Å². The van der Waals surface area contributed by atoms with Crippen LogP contribution in [0.3, 0.4) is 0 Å². The summed E-state index contributed by atoms with van der Waals surface area (Å²) in [7, 11) is 1.61. The summed E-state index contributed by atoms with van der Waals surface area (Å²) in [5.41, 5.74) is 1.91. The zero-order valence-corrected chi connectivity index (χ0v) is 16.7. The maximum absolute atomic E-state index is 12.6. The molecule has 150 valence electrons. The van der Waals surface area contributed by atoms with Crippen LogP contribution in [0.25, 0.3) is 5.69 Å². The fraction of sp³-hybridized carbons (Fsp3) is 0.227. The normalized spacial score (nSPS) is 10.6. The van der Waals surface area contributed by atoms with Gasteiger partial charge in [-0.25, -0.2) is 4.68 Å². The second kappa shape index (κ2) is 9.05. The minimum Gasteiger partial charge on any atom is -0.497 e. The average Bonchev–Trinajstić information content (AvgIpc) is 3.16. The fourth-order valence-corrected chi connectivity index (χ4v) is 2.63. The molecule has 0 radical (unpaired) electrons. The molecule has 0 aliphatic rings. The van der Waals surface area contributed by atoms with Crippen LogP contribution in [0.15, 0.2) is 60.7 Å². The third-order valence-corrected chi connectivity index (χ3v) is 4.33. The Morgan fingerprint density at radius 2 is 1.76 bits per heavy atom. The standard InChI is InChI=1S/C22H24N4O3/c1-15(2)21(27)24-20-13-19(25-26(20)17-7-5-4-6-8-17)22(28)23-14-16-9-11-18(29-3)12-10-16/h4-13,15H,14H2,1-3H3,(H,23,28)(H,24,27). The number of nitrogens with zero attached hydrogens (tertiary/aromatic N) is 2. The summed E-state index contributed by atoms with van der Waals surface area (Å²) in [6.07, 6.45) is 0. The quantitative estimate of drug-likeness (QED) is 0.645. The minimum absolute atomic E-state index is 0.146. The van der Waals surface area contributed by atoms with E-state index in [-0.39, 0.29) is 23.4 Å². The van der Waals surface area contributed by atoms with Gasteiger partial charge in [-0.2, -0.15) is 5.10 Å². The lowest BCUT2D eigenvalue weighted by Crippen LogP contribution is -2.23. The highest BCUT2D eigenvalue weighted by atomic mass is 16.5. The number of para-hydroxylation sites is 1. The number of hydrogen-bond donors (Lipinski definition) is 2. The number of amides is 2. The molecule has 3 rings (SSSR count). The Kier molecular flexibility index (Phi) is 6.29. The third kappa shape index (κ3) is 5.01. The van der Waals surface area contributed by atoms with Crippen LogP contribution < -0.4 is 15.4 Å². The van der Waals surface area contributed by atoms with E-state index in [1.165, 1.54) is 0 Å². The van der Waals surface area contributed by atoms with Gasteiger partial charge in [0.15, 0.2) is 5.69 Å². The summed E-state index contributed by atoms with van der Waals surface area (Å²) >= 11 is 0. The topological polar surface area (TPSA) is 85.3 Å². The van der Waals surface area contributed by atoms with Crippen molar-refractivity contribution in [1.29, 1.82) is 0 Å². The van der Waals surface area contributed by atoms with Gasteiger partial charge in [-0.05, 0) is 29.8 Å². The second-order valence-corrected chi connectivity index (χ2v) is 6.84. The molecule has 1 aromatic heterocycles. The number of aromatic nitrogens is 2. The molecule has 0 bridgehead atoms. The molecule has 7 heteroatoms. The van der Waals surface area contributed by atoms with Crippen molar-refractivity contribution in [2.24, 2.45) is 5.92 Å². The summed E-state index contributed by atoms with van der Waals surface area (Å²) < 4.78 is 6.69. The number of carbonyl (C=O) groups is 2. The van der Waals surface area contributed by atoms with Gasteiger partial charge < -0.3 is 15.4 Å². The van der Waals surface area contributed by atoms with E-state index in [4.69, 9.17) is 4.74 Å². The van der Waals surface area contributed by atoms with Crippen LogP contribution in [0, 0.1) is 5.92 Å². The van der Waals surface area contributed by atoms with Crippen molar-refractivity contribution in [3.8, 4) is 11.4 Å². The van der Waals surface area contributed by atoms with Crippen LogP contribution in [0.2, 0.25) is 0 Å². The molecule has 0 saturated carbocycles. The Morgan fingerprint density at radius 3 is 2.38 bits per heavy atom. The molecular weight excluding hydrogens is 368 g/mol. The van der Waals surface area contributed by atoms with Gasteiger partial charge in [-0.1, -0.05) is 44.2 Å². The van der Waals surface area contributed by atoms with Crippen LogP contribution >= 0.6 is 0 Å². The molecule has 2 amide bonds. The first-order chi connectivity index (χ1) is 14.0. The van der Waals surface area contributed by atoms with Crippen LogP contribution in [0.5, 0.6) is 5.75 Å². The van der Waals surface area contributed by atoms with E-state index in [9.17, 15) is 9.59 Å².